The molecule has 0 rings (SSSR count). The number of carbonyl (C=O) groups excluding carboxylic acids is 1. The van der Waals surface area contributed by atoms with E-state index < -0.39 is 17.9 Å². The summed E-state index contributed by atoms with van der Waals surface area (Å²) in [6.45, 7) is 3.50. The van der Waals surface area contributed by atoms with Crippen LogP contribution < -0.4 is 5.32 Å². The van der Waals surface area contributed by atoms with Crippen LogP contribution in [-0.2, 0) is 9.59 Å². The minimum Gasteiger partial charge on any atom is -0.480 e. The molecule has 14 heavy (non-hydrogen) atoms. The molecular weight excluding hydrogens is 186 g/mol. The standard InChI is InChI=1S/C9H17NO4/c1-6(2)5-7(9(13)14)10-8(12)3-4-11/h6-7,11H,3-5H2,1-2H3,(H,10,12)(H,13,14)/t7-/m0/s1. The maximum absolute atomic E-state index is 11.0. The zero-order valence-electron chi connectivity index (χ0n) is 8.49. The Balaban J connectivity index is 4.09. The first kappa shape index (κ1) is 12.9. The number of nitrogens with one attached hydrogen (secondary N) is 1. The molecule has 1 amide bonds. The Bertz CT molecular complexity index is 203. The third-order valence-electron chi connectivity index (χ3n) is 1.68. The predicted octanol–water partition coefficient (Wildman–Crippen LogP) is -0.0157. The lowest BCUT2D eigenvalue weighted by Gasteiger charge is -2.15. The van der Waals surface area contributed by atoms with Gasteiger partial charge in [0, 0.05) is 6.42 Å². The predicted molar refractivity (Wildman–Crippen MR) is 50.7 cm³/mol. The zero-order chi connectivity index (χ0) is 11.1. The number of aliphatic carboxylic acids is 1. The molecule has 0 bridgehead atoms. The van der Waals surface area contributed by atoms with Crippen LogP contribution in [-0.4, -0.2) is 34.7 Å². The number of hydrogen-bond acceptors (Lipinski definition) is 3. The van der Waals surface area contributed by atoms with Gasteiger partial charge in [0.15, 0.2) is 0 Å². The molecule has 0 radical (unpaired) electrons. The summed E-state index contributed by atoms with van der Waals surface area (Å²) in [6.07, 6.45) is 0.342. The molecule has 0 heterocycles. The van der Waals surface area contributed by atoms with E-state index in [1.54, 1.807) is 0 Å². The van der Waals surface area contributed by atoms with E-state index in [-0.39, 0.29) is 18.9 Å². The SMILES string of the molecule is CC(C)C[C@H](NC(=O)CCO)C(=O)O. The molecule has 0 aliphatic heterocycles. The minimum absolute atomic E-state index is 0.0537. The van der Waals surface area contributed by atoms with Crippen LogP contribution in [0.1, 0.15) is 26.7 Å². The average molecular weight is 203 g/mol. The molecule has 1 atom stereocenters. The second kappa shape index (κ2) is 6.37. The summed E-state index contributed by atoms with van der Waals surface area (Å²) in [5, 5.41) is 19.6. The Labute approximate surface area is 83.1 Å². The van der Waals surface area contributed by atoms with Crippen molar-refractivity contribution < 1.29 is 19.8 Å². The molecule has 0 fully saturated rings. The van der Waals surface area contributed by atoms with Crippen LogP contribution in [0.25, 0.3) is 0 Å². The number of hydrogen-bond donors (Lipinski definition) is 3. The number of rotatable bonds is 6. The van der Waals surface area contributed by atoms with Gasteiger partial charge in [-0.15, -0.1) is 0 Å². The summed E-state index contributed by atoms with van der Waals surface area (Å²) in [5.74, 6) is -1.27. The molecule has 0 aromatic heterocycles. The Morgan fingerprint density at radius 1 is 1.36 bits per heavy atom. The maximum atomic E-state index is 11.0. The van der Waals surface area contributed by atoms with Gasteiger partial charge in [-0.3, -0.25) is 4.79 Å². The molecule has 0 aromatic carbocycles. The topological polar surface area (TPSA) is 86.6 Å². The van der Waals surface area contributed by atoms with Crippen molar-refractivity contribution in [3.63, 3.8) is 0 Å². The van der Waals surface area contributed by atoms with E-state index in [0.717, 1.165) is 0 Å². The lowest BCUT2D eigenvalue weighted by Crippen LogP contribution is -2.41. The number of aliphatic hydroxyl groups excluding tert-OH is 1. The number of aliphatic hydroxyl groups is 1. The van der Waals surface area contributed by atoms with Crippen LogP contribution in [0.5, 0.6) is 0 Å². The van der Waals surface area contributed by atoms with Crippen LogP contribution in [0.2, 0.25) is 0 Å². The molecule has 5 heteroatoms. The Morgan fingerprint density at radius 3 is 2.29 bits per heavy atom. The van der Waals surface area contributed by atoms with Gasteiger partial charge in [-0.25, -0.2) is 4.79 Å². The fourth-order valence-corrected chi connectivity index (χ4v) is 1.06. The molecule has 3 N–H and O–H groups in total. The number of carboxylic acids is 1. The number of carbonyl (C=O) groups is 2. The molecule has 0 aliphatic rings. The quantitative estimate of drug-likeness (QED) is 0.566. The molecule has 82 valence electrons. The van der Waals surface area contributed by atoms with E-state index in [1.165, 1.54) is 0 Å². The van der Waals surface area contributed by atoms with Crippen molar-refractivity contribution in [2.75, 3.05) is 6.61 Å². The highest BCUT2D eigenvalue weighted by Gasteiger charge is 2.20. The highest BCUT2D eigenvalue weighted by atomic mass is 16.4. The minimum atomic E-state index is -1.04. The van der Waals surface area contributed by atoms with Crippen molar-refractivity contribution in [3.8, 4) is 0 Å². The molecule has 0 unspecified atom stereocenters. The molecule has 5 nitrogen and oxygen atoms in total. The van der Waals surface area contributed by atoms with E-state index in [2.05, 4.69) is 5.32 Å². The van der Waals surface area contributed by atoms with E-state index >= 15 is 0 Å². The summed E-state index contributed by atoms with van der Waals surface area (Å²) in [4.78, 5) is 21.7. The largest absolute Gasteiger partial charge is 0.480 e. The second-order valence-electron chi connectivity index (χ2n) is 3.56. The molecule has 0 aromatic rings. The Morgan fingerprint density at radius 2 is 1.93 bits per heavy atom. The summed E-state index contributed by atoms with van der Waals surface area (Å²) < 4.78 is 0. The van der Waals surface area contributed by atoms with Crippen LogP contribution in [0.4, 0.5) is 0 Å². The van der Waals surface area contributed by atoms with Crippen molar-refractivity contribution in [2.24, 2.45) is 5.92 Å². The van der Waals surface area contributed by atoms with Gasteiger partial charge in [0.25, 0.3) is 0 Å². The summed E-state index contributed by atoms with van der Waals surface area (Å²) in [6, 6.07) is -0.853. The summed E-state index contributed by atoms with van der Waals surface area (Å²) in [5.41, 5.74) is 0. The molecule has 0 spiro atoms. The van der Waals surface area contributed by atoms with Crippen molar-refractivity contribution >= 4 is 11.9 Å². The smallest absolute Gasteiger partial charge is 0.326 e. The second-order valence-corrected chi connectivity index (χ2v) is 3.56. The van der Waals surface area contributed by atoms with Gasteiger partial charge in [-0.05, 0) is 12.3 Å². The number of carboxylic acid groups (broad SMARTS) is 1. The molecule has 0 saturated heterocycles. The van der Waals surface area contributed by atoms with Crippen LogP contribution >= 0.6 is 0 Å². The lowest BCUT2D eigenvalue weighted by atomic mass is 10.0. The monoisotopic (exact) mass is 203 g/mol. The highest BCUT2D eigenvalue weighted by Crippen LogP contribution is 2.04. The summed E-state index contributed by atoms with van der Waals surface area (Å²) in [7, 11) is 0. The van der Waals surface area contributed by atoms with Gasteiger partial charge in [0.1, 0.15) is 6.04 Å². The van der Waals surface area contributed by atoms with Crippen LogP contribution in [0, 0.1) is 5.92 Å². The fourth-order valence-electron chi connectivity index (χ4n) is 1.06. The lowest BCUT2D eigenvalue weighted by molar-refractivity contribution is -0.142. The van der Waals surface area contributed by atoms with Gasteiger partial charge in [0.2, 0.25) is 5.91 Å². The van der Waals surface area contributed by atoms with Crippen molar-refractivity contribution in [2.45, 2.75) is 32.7 Å². The average Bonchev–Trinajstić information content (AvgIpc) is 2.02. The Kier molecular flexibility index (Phi) is 5.87. The van der Waals surface area contributed by atoms with Gasteiger partial charge in [0.05, 0.1) is 6.61 Å². The zero-order valence-corrected chi connectivity index (χ0v) is 8.49. The van der Waals surface area contributed by atoms with Gasteiger partial charge in [-0.2, -0.15) is 0 Å². The van der Waals surface area contributed by atoms with Gasteiger partial charge < -0.3 is 15.5 Å². The fraction of sp³-hybridized carbons (Fsp3) is 0.778. The molecule has 0 saturated carbocycles. The first-order chi connectivity index (χ1) is 6.47. The third kappa shape index (κ3) is 5.53. The first-order valence-corrected chi connectivity index (χ1v) is 4.60. The normalized spacial score (nSPS) is 12.6. The van der Waals surface area contributed by atoms with Gasteiger partial charge in [-0.1, -0.05) is 13.8 Å². The van der Waals surface area contributed by atoms with Gasteiger partial charge >= 0.3 is 5.97 Å². The summed E-state index contributed by atoms with van der Waals surface area (Å²) >= 11 is 0. The molecule has 0 aliphatic carbocycles. The van der Waals surface area contributed by atoms with E-state index in [9.17, 15) is 9.59 Å². The first-order valence-electron chi connectivity index (χ1n) is 4.60. The molecular formula is C9H17NO4. The third-order valence-corrected chi connectivity index (χ3v) is 1.68. The maximum Gasteiger partial charge on any atom is 0.326 e. The van der Waals surface area contributed by atoms with Crippen molar-refractivity contribution in [3.05, 3.63) is 0 Å². The van der Waals surface area contributed by atoms with E-state index in [0.29, 0.717) is 6.42 Å². The number of amides is 1. The highest BCUT2D eigenvalue weighted by molar-refractivity contribution is 5.83. The van der Waals surface area contributed by atoms with Crippen LogP contribution in [0.15, 0.2) is 0 Å². The van der Waals surface area contributed by atoms with Crippen LogP contribution in [0.3, 0.4) is 0 Å². The van der Waals surface area contributed by atoms with Crippen molar-refractivity contribution in [1.82, 2.24) is 5.32 Å². The van der Waals surface area contributed by atoms with E-state index in [4.69, 9.17) is 10.2 Å². The van der Waals surface area contributed by atoms with E-state index in [1.807, 2.05) is 13.8 Å². The Hall–Kier alpha value is -1.10. The van der Waals surface area contributed by atoms with Crippen molar-refractivity contribution in [1.29, 1.82) is 0 Å².